The third-order valence-electron chi connectivity index (χ3n) is 5.78. The number of benzene rings is 1. The van der Waals surface area contributed by atoms with E-state index in [0.29, 0.717) is 28.3 Å². The van der Waals surface area contributed by atoms with Crippen LogP contribution in [0.3, 0.4) is 0 Å². The molecule has 0 amide bonds. The van der Waals surface area contributed by atoms with Gasteiger partial charge in [-0.05, 0) is 39.0 Å². The Morgan fingerprint density at radius 1 is 1.16 bits per heavy atom. The summed E-state index contributed by atoms with van der Waals surface area (Å²) in [6, 6.07) is 6.15. The minimum Gasteiger partial charge on any atom is -0.495 e. The van der Waals surface area contributed by atoms with E-state index in [1.807, 2.05) is 0 Å². The second-order valence-electron chi connectivity index (χ2n) is 8.38. The molecule has 2 aromatic heterocycles. The van der Waals surface area contributed by atoms with Crippen LogP contribution in [0.5, 0.6) is 5.75 Å². The number of hydrogen-bond donors (Lipinski definition) is 4. The lowest BCUT2D eigenvalue weighted by Crippen LogP contribution is -2.52. The van der Waals surface area contributed by atoms with E-state index in [0.717, 1.165) is 0 Å². The number of aliphatic imine (C=N–C) groups is 1. The summed E-state index contributed by atoms with van der Waals surface area (Å²) in [7, 11) is -1.63. The predicted octanol–water partition coefficient (Wildman–Crippen LogP) is 4.03. The van der Waals surface area contributed by atoms with Crippen molar-refractivity contribution in [3.05, 3.63) is 48.2 Å². The second kappa shape index (κ2) is 7.54. The quantitative estimate of drug-likeness (QED) is 0.458. The first-order valence-corrected chi connectivity index (χ1v) is 11.5. The highest BCUT2D eigenvalue weighted by Gasteiger charge is 2.49. The van der Waals surface area contributed by atoms with Crippen LogP contribution in [0, 0.1) is 5.82 Å². The van der Waals surface area contributed by atoms with E-state index >= 15 is 0 Å². The van der Waals surface area contributed by atoms with E-state index < -0.39 is 26.7 Å². The Kier molecular flexibility index (Phi) is 5.23. The van der Waals surface area contributed by atoms with E-state index in [1.165, 1.54) is 12.4 Å². The number of aromatic nitrogens is 3. The second-order valence-corrected chi connectivity index (χ2v) is 11.0. The lowest BCUT2D eigenvalue weighted by atomic mass is 9.92. The smallest absolute Gasteiger partial charge is 0.160 e. The van der Waals surface area contributed by atoms with Crippen LogP contribution in [0.15, 0.2) is 41.8 Å². The first-order chi connectivity index (χ1) is 15.0. The van der Waals surface area contributed by atoms with Gasteiger partial charge in [0.2, 0.25) is 0 Å². The number of nitrogens with one attached hydrogen (secondary N) is 1. The monoisotopic (exact) mass is 460 g/mol. The molecule has 1 aliphatic rings. The van der Waals surface area contributed by atoms with E-state index in [-0.39, 0.29) is 17.2 Å². The molecule has 0 unspecified atom stereocenters. The third kappa shape index (κ3) is 3.61. The zero-order valence-corrected chi connectivity index (χ0v) is 18.9. The van der Waals surface area contributed by atoms with Crippen molar-refractivity contribution in [2.75, 3.05) is 18.2 Å². The Morgan fingerprint density at radius 2 is 1.91 bits per heavy atom. The van der Waals surface area contributed by atoms with E-state index in [1.54, 1.807) is 52.3 Å². The molecule has 0 saturated heterocycles. The van der Waals surface area contributed by atoms with Gasteiger partial charge < -0.3 is 15.8 Å². The number of pyridine rings is 1. The van der Waals surface area contributed by atoms with Crippen molar-refractivity contribution in [2.45, 2.75) is 31.1 Å². The lowest BCUT2D eigenvalue weighted by molar-refractivity contribution is 0.413. The van der Waals surface area contributed by atoms with Gasteiger partial charge in [0.25, 0.3) is 0 Å². The molecule has 11 heteroatoms. The third-order valence-corrected chi connectivity index (χ3v) is 8.59. The molecule has 3 heterocycles. The van der Waals surface area contributed by atoms with Gasteiger partial charge in [0.05, 0.1) is 24.6 Å². The normalized spacial score (nSPS) is 22.8. The standard InChI is InChI=1S/C21H25FN6O3S/c1-20(2)19(23)28-21(3,10-32(20,29)30)14-7-12(5-6-15(14)22)27-18-17-16(25-11-26-18)8-13(31-4)9-24-17/h5-9,11,29-30H,10H2,1-4H3,(H2,23,28)(H,25,26,27)/t21-/m0/s1. The molecule has 0 saturated carbocycles. The summed E-state index contributed by atoms with van der Waals surface area (Å²) in [6.45, 7) is 4.88. The topological polar surface area (TPSA) is 139 Å². The van der Waals surface area contributed by atoms with Gasteiger partial charge in [-0.2, -0.15) is 10.6 Å². The van der Waals surface area contributed by atoms with Gasteiger partial charge in [-0.3, -0.25) is 14.1 Å². The average molecular weight is 461 g/mol. The van der Waals surface area contributed by atoms with Crippen LogP contribution < -0.4 is 15.8 Å². The highest BCUT2D eigenvalue weighted by Crippen LogP contribution is 2.59. The molecule has 1 aromatic carbocycles. The zero-order chi connectivity index (χ0) is 23.3. The fraction of sp³-hybridized carbons (Fsp3) is 0.333. The summed E-state index contributed by atoms with van der Waals surface area (Å²) < 4.78 is 40.5. The van der Waals surface area contributed by atoms with Gasteiger partial charge in [0, 0.05) is 17.3 Å². The van der Waals surface area contributed by atoms with Gasteiger partial charge in [-0.25, -0.2) is 19.3 Å². The summed E-state index contributed by atoms with van der Waals surface area (Å²) >= 11 is 0. The molecule has 0 aliphatic carbocycles. The largest absolute Gasteiger partial charge is 0.495 e. The highest BCUT2D eigenvalue weighted by atomic mass is 32.3. The maximum Gasteiger partial charge on any atom is 0.160 e. The number of nitrogens with two attached hydrogens (primary N) is 1. The molecule has 0 bridgehead atoms. The maximum absolute atomic E-state index is 14.9. The van der Waals surface area contributed by atoms with Crippen LogP contribution in [0.4, 0.5) is 15.9 Å². The molecule has 3 aromatic rings. The molecule has 4 rings (SSSR count). The summed E-state index contributed by atoms with van der Waals surface area (Å²) in [6.07, 6.45) is 2.95. The zero-order valence-electron chi connectivity index (χ0n) is 18.1. The van der Waals surface area contributed by atoms with Crippen LogP contribution in [-0.2, 0) is 5.54 Å². The molecule has 0 radical (unpaired) electrons. The molecule has 9 nitrogen and oxygen atoms in total. The first-order valence-electron chi connectivity index (χ1n) is 9.80. The number of amidine groups is 1. The SMILES string of the molecule is COc1cnc2c(Nc3ccc(F)c([C@]4(C)CS(O)(O)C(C)(C)C(N)=N4)c3)ncnc2c1. The Balaban J connectivity index is 1.75. The van der Waals surface area contributed by atoms with Crippen LogP contribution >= 0.6 is 10.6 Å². The van der Waals surface area contributed by atoms with Crippen LogP contribution in [-0.4, -0.2) is 47.5 Å². The van der Waals surface area contributed by atoms with Crippen LogP contribution in [0.1, 0.15) is 26.3 Å². The molecule has 0 spiro atoms. The molecule has 32 heavy (non-hydrogen) atoms. The van der Waals surface area contributed by atoms with Crippen molar-refractivity contribution < 1.29 is 18.2 Å². The van der Waals surface area contributed by atoms with E-state index in [2.05, 4.69) is 25.3 Å². The van der Waals surface area contributed by atoms with Crippen molar-refractivity contribution in [1.29, 1.82) is 0 Å². The van der Waals surface area contributed by atoms with Crippen molar-refractivity contribution in [3.63, 3.8) is 0 Å². The summed E-state index contributed by atoms with van der Waals surface area (Å²) in [5.41, 5.74) is 6.63. The molecular formula is C21H25FN6O3S. The van der Waals surface area contributed by atoms with Crippen molar-refractivity contribution in [2.24, 2.45) is 10.7 Å². The minimum atomic E-state index is -3.18. The number of halogens is 1. The lowest BCUT2D eigenvalue weighted by Gasteiger charge is -2.53. The molecular weight excluding hydrogens is 435 g/mol. The minimum absolute atomic E-state index is 0.0731. The molecule has 170 valence electrons. The van der Waals surface area contributed by atoms with Gasteiger partial charge in [0.1, 0.15) is 39.5 Å². The van der Waals surface area contributed by atoms with Crippen molar-refractivity contribution >= 4 is 39.0 Å². The number of rotatable bonds is 4. The molecule has 5 N–H and O–H groups in total. The van der Waals surface area contributed by atoms with Crippen molar-refractivity contribution in [1.82, 2.24) is 15.0 Å². The van der Waals surface area contributed by atoms with E-state index in [4.69, 9.17) is 10.5 Å². The summed E-state index contributed by atoms with van der Waals surface area (Å²) in [5.74, 6) is 0.390. The molecule has 0 fully saturated rings. The first kappa shape index (κ1) is 22.2. The number of nitrogens with zero attached hydrogens (tertiary/aromatic N) is 4. The van der Waals surface area contributed by atoms with Gasteiger partial charge in [0.15, 0.2) is 5.82 Å². The Morgan fingerprint density at radius 3 is 2.59 bits per heavy atom. The van der Waals surface area contributed by atoms with Crippen molar-refractivity contribution in [3.8, 4) is 5.75 Å². The summed E-state index contributed by atoms with van der Waals surface area (Å²) in [4.78, 5) is 17.3. The number of fused-ring (bicyclic) bond motifs is 1. The number of hydrogen-bond acceptors (Lipinski definition) is 9. The van der Waals surface area contributed by atoms with Crippen LogP contribution in [0.2, 0.25) is 0 Å². The van der Waals surface area contributed by atoms with Gasteiger partial charge in [-0.1, -0.05) is 0 Å². The fourth-order valence-electron chi connectivity index (χ4n) is 3.59. The Hall–Kier alpha value is -3.02. The highest BCUT2D eigenvalue weighted by molar-refractivity contribution is 8.26. The number of anilines is 2. The molecule has 1 aliphatic heterocycles. The molecule has 1 atom stereocenters. The fourth-order valence-corrected chi connectivity index (χ4v) is 5.34. The van der Waals surface area contributed by atoms with E-state index in [9.17, 15) is 13.5 Å². The number of ether oxygens (including phenoxy) is 1. The summed E-state index contributed by atoms with van der Waals surface area (Å²) in [5, 5.41) is 3.14. The Labute approximate surface area is 186 Å². The average Bonchev–Trinajstić information content (AvgIpc) is 2.73. The Bertz CT molecular complexity index is 1240. The van der Waals surface area contributed by atoms with Gasteiger partial charge >= 0.3 is 0 Å². The predicted molar refractivity (Wildman–Crippen MR) is 124 cm³/mol. The maximum atomic E-state index is 14.9. The van der Waals surface area contributed by atoms with Crippen LogP contribution in [0.25, 0.3) is 11.0 Å². The number of methoxy groups -OCH3 is 1. The van der Waals surface area contributed by atoms with Gasteiger partial charge in [-0.15, -0.1) is 0 Å².